The molecule has 0 aliphatic carbocycles. The molecule has 0 bridgehead atoms. The summed E-state index contributed by atoms with van der Waals surface area (Å²) in [5.41, 5.74) is 1.33. The Balaban J connectivity index is 2.16. The fourth-order valence-electron chi connectivity index (χ4n) is 2.65. The first-order chi connectivity index (χ1) is 11.1. The second kappa shape index (κ2) is 6.21. The van der Waals surface area contributed by atoms with Gasteiger partial charge in [-0.2, -0.15) is 10.1 Å². The molecule has 23 heavy (non-hydrogen) atoms. The van der Waals surface area contributed by atoms with Gasteiger partial charge in [0.25, 0.3) is 5.88 Å². The number of rotatable bonds is 4. The summed E-state index contributed by atoms with van der Waals surface area (Å²) < 4.78 is 6.78. The lowest BCUT2D eigenvalue weighted by Crippen LogP contribution is -2.44. The predicted octanol–water partition coefficient (Wildman–Crippen LogP) is 0.808. The number of hydrogen-bond donors (Lipinski definition) is 1. The third-order valence-corrected chi connectivity index (χ3v) is 3.77. The molecule has 1 aliphatic rings. The van der Waals surface area contributed by atoms with Gasteiger partial charge in [-0.1, -0.05) is 0 Å². The number of methoxy groups -OCH3 is 1. The Kier molecular flexibility index (Phi) is 4.11. The Morgan fingerprint density at radius 2 is 2.13 bits per heavy atom. The van der Waals surface area contributed by atoms with Gasteiger partial charge in [-0.15, -0.1) is 0 Å². The average molecular weight is 318 g/mol. The van der Waals surface area contributed by atoms with E-state index in [1.54, 1.807) is 17.9 Å². The Morgan fingerprint density at radius 1 is 1.39 bits per heavy atom. The Morgan fingerprint density at radius 3 is 2.70 bits per heavy atom. The molecule has 0 radical (unpaired) electrons. The first-order valence-electron chi connectivity index (χ1n) is 7.28. The third kappa shape index (κ3) is 2.95. The van der Waals surface area contributed by atoms with Crippen LogP contribution >= 0.6 is 0 Å². The minimum Gasteiger partial charge on any atom is -0.476 e. The van der Waals surface area contributed by atoms with Crippen molar-refractivity contribution in [3.63, 3.8) is 0 Å². The summed E-state index contributed by atoms with van der Waals surface area (Å²) in [4.78, 5) is 17.3. The lowest BCUT2D eigenvalue weighted by atomic mass is 10.1. The van der Waals surface area contributed by atoms with Crippen LogP contribution in [0.3, 0.4) is 0 Å². The van der Waals surface area contributed by atoms with Crippen molar-refractivity contribution >= 4 is 11.5 Å². The van der Waals surface area contributed by atoms with Gasteiger partial charge in [-0.25, -0.2) is 0 Å². The smallest absolute Gasteiger partial charge is 0.331 e. The fraction of sp³-hybridized carbons (Fsp3) is 0.429. The predicted molar refractivity (Wildman–Crippen MR) is 84.7 cm³/mol. The minimum absolute atomic E-state index is 0.0242. The number of aryl methyl sites for hydroxylation is 1. The van der Waals surface area contributed by atoms with Gasteiger partial charge in [0.1, 0.15) is 5.82 Å². The van der Waals surface area contributed by atoms with Crippen molar-refractivity contribution in [3.8, 4) is 17.0 Å². The number of aromatic nitrogens is 3. The molecular formula is C14H18N6O3. The van der Waals surface area contributed by atoms with Crippen molar-refractivity contribution in [3.05, 3.63) is 28.6 Å². The molecule has 3 heterocycles. The average Bonchev–Trinajstić information content (AvgIpc) is 3.00. The van der Waals surface area contributed by atoms with Crippen molar-refractivity contribution in [2.24, 2.45) is 7.05 Å². The van der Waals surface area contributed by atoms with Crippen LogP contribution in [0.15, 0.2) is 18.5 Å². The van der Waals surface area contributed by atoms with Gasteiger partial charge in [0.2, 0.25) is 0 Å². The standard InChI is InChI=1S/C14H18N6O3/c1-18-9-10(8-16-18)11-7-12(20(21)22)14(23-2)17-13(11)19-5-3-15-4-6-19/h7-9,15H,3-6H2,1-2H3. The van der Waals surface area contributed by atoms with Crippen molar-refractivity contribution < 1.29 is 9.66 Å². The van der Waals surface area contributed by atoms with E-state index in [9.17, 15) is 10.1 Å². The molecule has 0 aromatic carbocycles. The lowest BCUT2D eigenvalue weighted by molar-refractivity contribution is -0.386. The second-order valence-corrected chi connectivity index (χ2v) is 5.28. The van der Waals surface area contributed by atoms with Crippen LogP contribution < -0.4 is 15.0 Å². The summed E-state index contributed by atoms with van der Waals surface area (Å²) in [6.45, 7) is 3.24. The summed E-state index contributed by atoms with van der Waals surface area (Å²) in [5.74, 6) is 0.707. The summed E-state index contributed by atoms with van der Waals surface area (Å²) in [6, 6.07) is 1.51. The van der Waals surface area contributed by atoms with Gasteiger partial charge in [-0.3, -0.25) is 14.8 Å². The van der Waals surface area contributed by atoms with Gasteiger partial charge in [0.05, 0.1) is 18.2 Å². The maximum absolute atomic E-state index is 11.3. The Hall–Kier alpha value is -2.68. The highest BCUT2D eigenvalue weighted by Gasteiger charge is 2.25. The molecule has 2 aromatic heterocycles. The van der Waals surface area contributed by atoms with Gasteiger partial charge in [0, 0.05) is 56.6 Å². The maximum Gasteiger partial charge on any atom is 0.331 e. The number of anilines is 1. The van der Waals surface area contributed by atoms with Gasteiger partial charge in [-0.05, 0) is 0 Å². The molecule has 0 atom stereocenters. The van der Waals surface area contributed by atoms with Crippen LogP contribution in [-0.2, 0) is 7.05 Å². The maximum atomic E-state index is 11.3. The summed E-state index contributed by atoms with van der Waals surface area (Å²) >= 11 is 0. The highest BCUT2D eigenvalue weighted by molar-refractivity contribution is 5.78. The van der Waals surface area contributed by atoms with Crippen molar-refractivity contribution in [1.82, 2.24) is 20.1 Å². The topological polar surface area (TPSA) is 98.3 Å². The van der Waals surface area contributed by atoms with E-state index in [2.05, 4.69) is 20.3 Å². The molecule has 2 aromatic rings. The van der Waals surface area contributed by atoms with Gasteiger partial charge >= 0.3 is 5.69 Å². The van der Waals surface area contributed by atoms with E-state index in [1.165, 1.54) is 13.2 Å². The van der Waals surface area contributed by atoms with Gasteiger partial charge < -0.3 is 15.0 Å². The highest BCUT2D eigenvalue weighted by Crippen LogP contribution is 2.37. The number of hydrogen-bond acceptors (Lipinski definition) is 7. The molecule has 1 N–H and O–H groups in total. The first kappa shape index (κ1) is 15.2. The number of nitrogens with zero attached hydrogens (tertiary/aromatic N) is 5. The van der Waals surface area contributed by atoms with Crippen LogP contribution in [0.4, 0.5) is 11.5 Å². The monoisotopic (exact) mass is 318 g/mol. The lowest BCUT2D eigenvalue weighted by Gasteiger charge is -2.30. The van der Waals surface area contributed by atoms with E-state index in [4.69, 9.17) is 4.74 Å². The normalized spacial score (nSPS) is 14.8. The molecule has 0 saturated carbocycles. The van der Waals surface area contributed by atoms with Crippen LogP contribution in [-0.4, -0.2) is 53.0 Å². The fourth-order valence-corrected chi connectivity index (χ4v) is 2.65. The number of nitrogens with one attached hydrogen (secondary N) is 1. The highest BCUT2D eigenvalue weighted by atomic mass is 16.6. The number of piperazine rings is 1. The SMILES string of the molecule is COc1nc(N2CCNCC2)c(-c2cnn(C)c2)cc1[N+](=O)[O-]. The zero-order valence-electron chi connectivity index (χ0n) is 13.0. The number of nitro groups is 1. The van der Waals surface area contributed by atoms with E-state index < -0.39 is 4.92 Å². The Labute approximate surface area is 133 Å². The van der Waals surface area contributed by atoms with Crippen molar-refractivity contribution in [2.75, 3.05) is 38.2 Å². The van der Waals surface area contributed by atoms with E-state index in [0.717, 1.165) is 31.7 Å². The minimum atomic E-state index is -0.479. The van der Waals surface area contributed by atoms with Crippen LogP contribution in [0.25, 0.3) is 11.1 Å². The van der Waals surface area contributed by atoms with Crippen LogP contribution in [0.2, 0.25) is 0 Å². The third-order valence-electron chi connectivity index (χ3n) is 3.77. The number of ether oxygens (including phenoxy) is 1. The van der Waals surface area contributed by atoms with E-state index >= 15 is 0 Å². The number of pyridine rings is 1. The van der Waals surface area contributed by atoms with E-state index in [-0.39, 0.29) is 11.6 Å². The molecule has 1 aliphatic heterocycles. The van der Waals surface area contributed by atoms with E-state index in [1.807, 2.05) is 6.20 Å². The van der Waals surface area contributed by atoms with Crippen molar-refractivity contribution in [2.45, 2.75) is 0 Å². The first-order valence-corrected chi connectivity index (χ1v) is 7.28. The molecule has 0 spiro atoms. The summed E-state index contributed by atoms with van der Waals surface area (Å²) in [6.07, 6.45) is 3.50. The Bertz CT molecular complexity index is 723. The molecule has 1 saturated heterocycles. The molecule has 0 unspecified atom stereocenters. The molecular weight excluding hydrogens is 300 g/mol. The molecule has 0 amide bonds. The molecule has 9 nitrogen and oxygen atoms in total. The molecule has 122 valence electrons. The molecule has 9 heteroatoms. The van der Waals surface area contributed by atoms with E-state index in [0.29, 0.717) is 11.4 Å². The summed E-state index contributed by atoms with van der Waals surface area (Å²) in [7, 11) is 3.19. The largest absolute Gasteiger partial charge is 0.476 e. The quantitative estimate of drug-likeness (QED) is 0.658. The zero-order chi connectivity index (χ0) is 16.4. The van der Waals surface area contributed by atoms with Gasteiger partial charge in [0.15, 0.2) is 0 Å². The zero-order valence-corrected chi connectivity index (χ0v) is 13.0. The van der Waals surface area contributed by atoms with Crippen LogP contribution in [0.5, 0.6) is 5.88 Å². The summed E-state index contributed by atoms with van der Waals surface area (Å²) in [5, 5.41) is 18.7. The molecule has 3 rings (SSSR count). The second-order valence-electron chi connectivity index (χ2n) is 5.28. The van der Waals surface area contributed by atoms with Crippen molar-refractivity contribution in [1.29, 1.82) is 0 Å². The van der Waals surface area contributed by atoms with Crippen LogP contribution in [0.1, 0.15) is 0 Å². The molecule has 1 fully saturated rings. The van der Waals surface area contributed by atoms with Crippen LogP contribution in [0, 0.1) is 10.1 Å².